The minimum absolute atomic E-state index is 0. The molecular weight excluding hydrogens is 387 g/mol. The molecule has 0 bridgehead atoms. The maximum absolute atomic E-state index is 10.5. The van der Waals surface area contributed by atoms with Crippen molar-refractivity contribution >= 4 is 36.8 Å². The molecule has 0 spiro atoms. The summed E-state index contributed by atoms with van der Waals surface area (Å²) in [5.41, 5.74) is 0. The van der Waals surface area contributed by atoms with Crippen molar-refractivity contribution in [3.8, 4) is 0 Å². The lowest BCUT2D eigenvalue weighted by atomic mass is 9.97. The third-order valence-corrected chi connectivity index (χ3v) is 4.94. The number of carboxylic acid groups (broad SMARTS) is 2. The zero-order chi connectivity index (χ0) is 18.8. The second-order valence-electron chi connectivity index (χ2n) is 7.57. The monoisotopic (exact) mass is 428 g/mol. The Hall–Kier alpha value is -0.480. The molecule has 0 radical (unpaired) electrons. The molecular formula is C21H42Cl2O4. The molecule has 0 fully saturated rings. The van der Waals surface area contributed by atoms with Crippen LogP contribution in [0.4, 0.5) is 0 Å². The van der Waals surface area contributed by atoms with E-state index in [9.17, 15) is 9.59 Å². The van der Waals surface area contributed by atoms with E-state index in [1.165, 1.54) is 77.0 Å². The first kappa shape index (κ1) is 31.2. The Kier molecular flexibility index (Phi) is 27.2. The topological polar surface area (TPSA) is 74.6 Å². The summed E-state index contributed by atoms with van der Waals surface area (Å²) in [4.78, 5) is 20.9. The summed E-state index contributed by atoms with van der Waals surface area (Å²) in [7, 11) is 0. The predicted octanol–water partition coefficient (Wildman–Crippen LogP) is 7.27. The molecule has 0 amide bonds. The number of aliphatic carboxylic acids is 2. The zero-order valence-electron chi connectivity index (χ0n) is 17.1. The summed E-state index contributed by atoms with van der Waals surface area (Å²) in [6, 6.07) is 0. The van der Waals surface area contributed by atoms with Gasteiger partial charge in [0.25, 0.3) is 0 Å². The minimum atomic E-state index is -0.676. The highest BCUT2D eigenvalue weighted by atomic mass is 35.5. The van der Waals surface area contributed by atoms with Crippen molar-refractivity contribution in [2.75, 3.05) is 0 Å². The van der Waals surface area contributed by atoms with Crippen molar-refractivity contribution in [2.45, 2.75) is 116 Å². The van der Waals surface area contributed by atoms with Gasteiger partial charge in [0.05, 0.1) is 0 Å². The van der Waals surface area contributed by atoms with Crippen LogP contribution < -0.4 is 0 Å². The number of unbranched alkanes of at least 4 members (excludes halogenated alkanes) is 12. The number of carbonyl (C=O) groups is 2. The summed E-state index contributed by atoms with van der Waals surface area (Å²) < 4.78 is 0. The Morgan fingerprint density at radius 1 is 0.556 bits per heavy atom. The fourth-order valence-electron chi connectivity index (χ4n) is 3.23. The second kappa shape index (κ2) is 23.6. The molecule has 0 aliphatic carbocycles. The first-order chi connectivity index (χ1) is 12.0. The van der Waals surface area contributed by atoms with Gasteiger partial charge in [0.1, 0.15) is 0 Å². The van der Waals surface area contributed by atoms with Gasteiger partial charge in [0.15, 0.2) is 0 Å². The molecule has 0 saturated heterocycles. The fraction of sp³-hybridized carbons (Fsp3) is 0.905. The minimum Gasteiger partial charge on any atom is -0.481 e. The number of carboxylic acids is 2. The van der Waals surface area contributed by atoms with Gasteiger partial charge in [-0.25, -0.2) is 0 Å². The third-order valence-electron chi connectivity index (χ3n) is 4.94. The van der Waals surface area contributed by atoms with Crippen molar-refractivity contribution in [1.29, 1.82) is 0 Å². The molecule has 1 atom stereocenters. The van der Waals surface area contributed by atoms with E-state index < -0.39 is 11.9 Å². The first-order valence-electron chi connectivity index (χ1n) is 10.5. The van der Waals surface area contributed by atoms with Crippen LogP contribution >= 0.6 is 24.8 Å². The average Bonchev–Trinajstić information content (AvgIpc) is 2.56. The van der Waals surface area contributed by atoms with Crippen LogP contribution in [0, 0.1) is 5.92 Å². The van der Waals surface area contributed by atoms with E-state index >= 15 is 0 Å². The van der Waals surface area contributed by atoms with Crippen LogP contribution in [-0.2, 0) is 9.59 Å². The Bertz CT molecular complexity index is 338. The van der Waals surface area contributed by atoms with E-state index in [0.717, 1.165) is 19.3 Å². The van der Waals surface area contributed by atoms with Crippen LogP contribution in [-0.4, -0.2) is 22.2 Å². The van der Waals surface area contributed by atoms with E-state index in [2.05, 4.69) is 6.92 Å². The Balaban J connectivity index is -0.00000288. The standard InChI is InChI=1S/C21H40O4.2ClH/c1-19(17-18-21(24)25)15-13-11-9-7-5-3-2-4-6-8-10-12-14-16-20(22)23;;/h19H,2-18H2,1H3,(H,22,23)(H,24,25);2*1H. The van der Waals surface area contributed by atoms with Gasteiger partial charge >= 0.3 is 11.9 Å². The molecule has 0 aromatic carbocycles. The maximum Gasteiger partial charge on any atom is 0.303 e. The van der Waals surface area contributed by atoms with Crippen molar-refractivity contribution in [3.63, 3.8) is 0 Å². The van der Waals surface area contributed by atoms with Crippen molar-refractivity contribution in [2.24, 2.45) is 5.92 Å². The molecule has 0 aromatic heterocycles. The zero-order valence-corrected chi connectivity index (χ0v) is 18.8. The molecule has 1 unspecified atom stereocenters. The molecule has 2 N–H and O–H groups in total. The van der Waals surface area contributed by atoms with E-state index in [-0.39, 0.29) is 24.8 Å². The summed E-state index contributed by atoms with van der Waals surface area (Å²) in [5, 5.41) is 17.2. The predicted molar refractivity (Wildman–Crippen MR) is 117 cm³/mol. The van der Waals surface area contributed by atoms with Crippen molar-refractivity contribution in [1.82, 2.24) is 0 Å². The molecule has 0 heterocycles. The molecule has 0 aliphatic heterocycles. The van der Waals surface area contributed by atoms with E-state index in [1.54, 1.807) is 0 Å². The lowest BCUT2D eigenvalue weighted by Gasteiger charge is -2.09. The lowest BCUT2D eigenvalue weighted by Crippen LogP contribution is -2.01. The van der Waals surface area contributed by atoms with E-state index in [1.807, 2.05) is 0 Å². The van der Waals surface area contributed by atoms with Gasteiger partial charge in [0, 0.05) is 12.8 Å². The number of hydrogen-bond donors (Lipinski definition) is 2. The first-order valence-corrected chi connectivity index (χ1v) is 10.5. The molecule has 6 heteroatoms. The Morgan fingerprint density at radius 2 is 0.889 bits per heavy atom. The summed E-state index contributed by atoms with van der Waals surface area (Å²) >= 11 is 0. The molecule has 4 nitrogen and oxygen atoms in total. The van der Waals surface area contributed by atoms with Gasteiger partial charge in [-0.2, -0.15) is 0 Å². The average molecular weight is 429 g/mol. The van der Waals surface area contributed by atoms with Crippen LogP contribution in [0.2, 0.25) is 0 Å². The highest BCUT2D eigenvalue weighted by Crippen LogP contribution is 2.17. The highest BCUT2D eigenvalue weighted by Gasteiger charge is 2.05. The summed E-state index contributed by atoms with van der Waals surface area (Å²) in [6.07, 6.45) is 18.7. The SMILES string of the molecule is CC(CCCCCCCCCCCCCCCC(=O)O)CCC(=O)O.Cl.Cl. The largest absolute Gasteiger partial charge is 0.481 e. The molecule has 0 saturated carbocycles. The fourth-order valence-corrected chi connectivity index (χ4v) is 3.23. The van der Waals surface area contributed by atoms with Gasteiger partial charge in [0.2, 0.25) is 0 Å². The van der Waals surface area contributed by atoms with Crippen LogP contribution in [0.25, 0.3) is 0 Å². The number of rotatable bonds is 19. The van der Waals surface area contributed by atoms with E-state index in [4.69, 9.17) is 10.2 Å². The van der Waals surface area contributed by atoms with Gasteiger partial charge < -0.3 is 10.2 Å². The maximum atomic E-state index is 10.5. The molecule has 0 rings (SSSR count). The summed E-state index contributed by atoms with van der Waals surface area (Å²) in [5.74, 6) is -0.807. The Labute approximate surface area is 178 Å². The van der Waals surface area contributed by atoms with Gasteiger partial charge in [-0.15, -0.1) is 24.8 Å². The normalized spacial score (nSPS) is 11.3. The van der Waals surface area contributed by atoms with Crippen LogP contribution in [0.1, 0.15) is 116 Å². The third kappa shape index (κ3) is 27.8. The van der Waals surface area contributed by atoms with Gasteiger partial charge in [-0.1, -0.05) is 90.4 Å². The van der Waals surface area contributed by atoms with Gasteiger partial charge in [-0.05, 0) is 18.8 Å². The lowest BCUT2D eigenvalue weighted by molar-refractivity contribution is -0.138. The van der Waals surface area contributed by atoms with Gasteiger partial charge in [-0.3, -0.25) is 9.59 Å². The highest BCUT2D eigenvalue weighted by molar-refractivity contribution is 5.85. The van der Waals surface area contributed by atoms with E-state index in [0.29, 0.717) is 18.8 Å². The number of halogens is 2. The van der Waals surface area contributed by atoms with Crippen molar-refractivity contribution < 1.29 is 19.8 Å². The van der Waals surface area contributed by atoms with Crippen LogP contribution in [0.5, 0.6) is 0 Å². The molecule has 164 valence electrons. The summed E-state index contributed by atoms with van der Waals surface area (Å²) in [6.45, 7) is 2.16. The molecule has 0 aliphatic rings. The molecule has 0 aromatic rings. The quantitative estimate of drug-likeness (QED) is 0.212. The molecule has 27 heavy (non-hydrogen) atoms. The van der Waals surface area contributed by atoms with Crippen LogP contribution in [0.15, 0.2) is 0 Å². The number of hydrogen-bond acceptors (Lipinski definition) is 2. The second-order valence-corrected chi connectivity index (χ2v) is 7.57. The van der Waals surface area contributed by atoms with Crippen molar-refractivity contribution in [3.05, 3.63) is 0 Å². The smallest absolute Gasteiger partial charge is 0.303 e. The Morgan fingerprint density at radius 3 is 1.26 bits per heavy atom. The van der Waals surface area contributed by atoms with Crippen LogP contribution in [0.3, 0.4) is 0 Å².